The Morgan fingerprint density at radius 1 is 0.692 bits per heavy atom. The molecule has 4 aromatic carbocycles. The van der Waals surface area contributed by atoms with Gasteiger partial charge < -0.3 is 19.9 Å². The van der Waals surface area contributed by atoms with E-state index < -0.39 is 29.6 Å². The first kappa shape index (κ1) is 26.0. The number of carbonyl (C=O) groups is 2. The number of methoxy groups -OCH3 is 2. The first-order valence-electron chi connectivity index (χ1n) is 12.9. The van der Waals surface area contributed by atoms with E-state index in [-0.39, 0.29) is 5.91 Å². The minimum Gasteiger partial charge on any atom is -0.496 e. The van der Waals surface area contributed by atoms with Crippen LogP contribution in [0, 0.1) is 11.8 Å². The van der Waals surface area contributed by atoms with Gasteiger partial charge in [-0.05, 0) is 39.9 Å². The minimum absolute atomic E-state index is 0.206. The molecule has 0 saturated heterocycles. The van der Waals surface area contributed by atoms with E-state index >= 15 is 0 Å². The van der Waals surface area contributed by atoms with Crippen molar-refractivity contribution in [2.24, 2.45) is 11.8 Å². The topological polar surface area (TPSA) is 84.9 Å². The number of benzene rings is 4. The molecular formula is C33H31NO5. The molecule has 4 aromatic rings. The van der Waals surface area contributed by atoms with Crippen LogP contribution in [-0.4, -0.2) is 31.2 Å². The third kappa shape index (κ3) is 4.98. The number of hydrogen-bond acceptors (Lipinski definition) is 4. The van der Waals surface area contributed by atoms with Crippen LogP contribution in [0.1, 0.15) is 28.5 Å². The van der Waals surface area contributed by atoms with Crippen molar-refractivity contribution in [3.8, 4) is 22.6 Å². The Morgan fingerprint density at radius 2 is 1.21 bits per heavy atom. The first-order chi connectivity index (χ1) is 19.0. The highest BCUT2D eigenvalue weighted by Gasteiger charge is 2.59. The van der Waals surface area contributed by atoms with Crippen LogP contribution in [0.5, 0.6) is 11.5 Å². The molecule has 1 fully saturated rings. The van der Waals surface area contributed by atoms with Crippen molar-refractivity contribution in [3.05, 3.63) is 120 Å². The number of carboxylic acids is 1. The fourth-order valence-corrected chi connectivity index (χ4v) is 5.91. The van der Waals surface area contributed by atoms with Gasteiger partial charge in [0.15, 0.2) is 0 Å². The van der Waals surface area contributed by atoms with Gasteiger partial charge in [-0.3, -0.25) is 9.59 Å². The van der Waals surface area contributed by atoms with Crippen LogP contribution in [0.25, 0.3) is 11.1 Å². The SMILES string of the molecule is COc1ccccc1[C@H]1C(C(=O)O)[C@H](c2ccccc2OC)C1C(=O)NCc1ccccc1-c1ccccc1. The molecule has 0 unspecified atom stereocenters. The molecule has 6 heteroatoms. The van der Waals surface area contributed by atoms with E-state index in [1.54, 1.807) is 26.4 Å². The second-order valence-corrected chi connectivity index (χ2v) is 9.67. The number of carbonyl (C=O) groups excluding carboxylic acids is 1. The second kappa shape index (κ2) is 11.4. The number of carboxylic acid groups (broad SMARTS) is 1. The lowest BCUT2D eigenvalue weighted by Gasteiger charge is -2.50. The van der Waals surface area contributed by atoms with Crippen molar-refractivity contribution in [1.82, 2.24) is 5.32 Å². The molecule has 1 saturated carbocycles. The van der Waals surface area contributed by atoms with Crippen LogP contribution >= 0.6 is 0 Å². The largest absolute Gasteiger partial charge is 0.496 e. The zero-order chi connectivity index (χ0) is 27.4. The van der Waals surface area contributed by atoms with Gasteiger partial charge in [-0.1, -0.05) is 91.0 Å². The molecule has 5 rings (SSSR count). The number of ether oxygens (including phenoxy) is 2. The summed E-state index contributed by atoms with van der Waals surface area (Å²) >= 11 is 0. The summed E-state index contributed by atoms with van der Waals surface area (Å²) in [5.74, 6) is -2.63. The summed E-state index contributed by atoms with van der Waals surface area (Å²) < 4.78 is 11.2. The molecule has 1 amide bonds. The Balaban J connectivity index is 1.52. The molecule has 6 nitrogen and oxygen atoms in total. The molecule has 2 N–H and O–H groups in total. The molecule has 39 heavy (non-hydrogen) atoms. The third-order valence-corrected chi connectivity index (χ3v) is 7.69. The highest BCUT2D eigenvalue weighted by Crippen LogP contribution is 2.60. The minimum atomic E-state index is -0.958. The Labute approximate surface area is 228 Å². The molecule has 1 aliphatic carbocycles. The molecule has 2 atom stereocenters. The maximum atomic E-state index is 14.0. The number of amides is 1. The van der Waals surface area contributed by atoms with Crippen molar-refractivity contribution in [2.45, 2.75) is 18.4 Å². The predicted molar refractivity (Wildman–Crippen MR) is 150 cm³/mol. The van der Waals surface area contributed by atoms with Gasteiger partial charge in [0.2, 0.25) is 5.91 Å². The van der Waals surface area contributed by atoms with Gasteiger partial charge in [-0.25, -0.2) is 0 Å². The number of rotatable bonds is 9. The number of nitrogens with one attached hydrogen (secondary N) is 1. The summed E-state index contributed by atoms with van der Waals surface area (Å²) in [6.45, 7) is 0.315. The lowest BCUT2D eigenvalue weighted by molar-refractivity contribution is -0.153. The van der Waals surface area contributed by atoms with Gasteiger partial charge in [-0.2, -0.15) is 0 Å². The van der Waals surface area contributed by atoms with E-state index in [2.05, 4.69) is 5.32 Å². The van der Waals surface area contributed by atoms with Crippen LogP contribution in [0.15, 0.2) is 103 Å². The fraction of sp³-hybridized carbons (Fsp3) is 0.212. The fourth-order valence-electron chi connectivity index (χ4n) is 5.91. The van der Waals surface area contributed by atoms with Crippen LogP contribution in [-0.2, 0) is 16.1 Å². The number of aliphatic carboxylic acids is 1. The monoisotopic (exact) mass is 521 g/mol. The molecule has 0 spiro atoms. The van der Waals surface area contributed by atoms with E-state index in [1.807, 2.05) is 91.0 Å². The molecule has 0 radical (unpaired) electrons. The normalized spacial score (nSPS) is 19.9. The average molecular weight is 522 g/mol. The average Bonchev–Trinajstić information content (AvgIpc) is 2.96. The molecule has 0 aromatic heterocycles. The van der Waals surface area contributed by atoms with Crippen molar-refractivity contribution >= 4 is 11.9 Å². The predicted octanol–water partition coefficient (Wildman–Crippen LogP) is 5.89. The zero-order valence-electron chi connectivity index (χ0n) is 21.9. The summed E-state index contributed by atoms with van der Waals surface area (Å²) in [5, 5.41) is 13.5. The lowest BCUT2D eigenvalue weighted by atomic mass is 9.52. The van der Waals surface area contributed by atoms with Crippen molar-refractivity contribution in [3.63, 3.8) is 0 Å². The smallest absolute Gasteiger partial charge is 0.307 e. The van der Waals surface area contributed by atoms with Gasteiger partial charge in [0, 0.05) is 18.4 Å². The molecule has 1 aliphatic rings. The van der Waals surface area contributed by atoms with E-state index in [1.165, 1.54) is 0 Å². The van der Waals surface area contributed by atoms with Gasteiger partial charge in [-0.15, -0.1) is 0 Å². The summed E-state index contributed by atoms with van der Waals surface area (Å²) in [6.07, 6.45) is 0. The second-order valence-electron chi connectivity index (χ2n) is 9.67. The Kier molecular flexibility index (Phi) is 7.64. The quantitative estimate of drug-likeness (QED) is 0.287. The Bertz CT molecular complexity index is 1410. The zero-order valence-corrected chi connectivity index (χ0v) is 21.9. The van der Waals surface area contributed by atoms with E-state index in [0.717, 1.165) is 16.7 Å². The van der Waals surface area contributed by atoms with E-state index in [4.69, 9.17) is 9.47 Å². The maximum absolute atomic E-state index is 14.0. The standard InChI is InChI=1S/C33H31NO5/c1-38-26-18-10-8-16-24(26)28-30(29(31(28)33(36)37)25-17-9-11-19-27(25)39-2)32(35)34-20-22-14-6-7-15-23(22)21-12-4-3-5-13-21/h3-19,28-31H,20H2,1-2H3,(H,34,35)(H,36,37)/t28-,29-,30?,31?/m1/s1. The van der Waals surface area contributed by atoms with Crippen LogP contribution in [0.2, 0.25) is 0 Å². The van der Waals surface area contributed by atoms with Crippen molar-refractivity contribution in [1.29, 1.82) is 0 Å². The summed E-state index contributed by atoms with van der Waals surface area (Å²) in [6, 6.07) is 32.7. The molecule has 0 aliphatic heterocycles. The van der Waals surface area contributed by atoms with Crippen LogP contribution < -0.4 is 14.8 Å². The van der Waals surface area contributed by atoms with Crippen LogP contribution in [0.4, 0.5) is 0 Å². The van der Waals surface area contributed by atoms with Gasteiger partial charge in [0.25, 0.3) is 0 Å². The van der Waals surface area contributed by atoms with Crippen molar-refractivity contribution in [2.75, 3.05) is 14.2 Å². The molecular weight excluding hydrogens is 490 g/mol. The Morgan fingerprint density at radius 3 is 1.77 bits per heavy atom. The van der Waals surface area contributed by atoms with Gasteiger partial charge in [0.1, 0.15) is 11.5 Å². The summed E-state index contributed by atoms with van der Waals surface area (Å²) in [4.78, 5) is 26.7. The van der Waals surface area contributed by atoms with Gasteiger partial charge in [0.05, 0.1) is 26.1 Å². The highest BCUT2D eigenvalue weighted by atomic mass is 16.5. The van der Waals surface area contributed by atoms with Crippen molar-refractivity contribution < 1.29 is 24.2 Å². The van der Waals surface area contributed by atoms with Gasteiger partial charge >= 0.3 is 5.97 Å². The van der Waals surface area contributed by atoms with Crippen LogP contribution in [0.3, 0.4) is 0 Å². The number of para-hydroxylation sites is 2. The highest BCUT2D eigenvalue weighted by molar-refractivity contribution is 5.88. The maximum Gasteiger partial charge on any atom is 0.307 e. The van der Waals surface area contributed by atoms with E-state index in [0.29, 0.717) is 29.2 Å². The first-order valence-corrected chi connectivity index (χ1v) is 12.9. The van der Waals surface area contributed by atoms with E-state index in [9.17, 15) is 14.7 Å². The number of hydrogen-bond donors (Lipinski definition) is 2. The molecule has 198 valence electrons. The molecule has 0 heterocycles. The summed E-state index contributed by atoms with van der Waals surface area (Å²) in [7, 11) is 3.11. The Hall–Kier alpha value is -4.58. The molecule has 0 bridgehead atoms. The lowest BCUT2D eigenvalue weighted by Crippen LogP contribution is -2.54. The summed E-state index contributed by atoms with van der Waals surface area (Å²) in [5.41, 5.74) is 4.51. The third-order valence-electron chi connectivity index (χ3n) is 7.69.